The van der Waals surface area contributed by atoms with Gasteiger partial charge in [-0.25, -0.2) is 0 Å². The Kier molecular flexibility index (Phi) is 3.27. The van der Waals surface area contributed by atoms with Crippen molar-refractivity contribution in [2.45, 2.75) is 53.1 Å². The molecule has 1 saturated heterocycles. The van der Waals surface area contributed by atoms with Crippen molar-refractivity contribution >= 4 is 5.97 Å². The summed E-state index contributed by atoms with van der Waals surface area (Å²) < 4.78 is 16.3. The SMILES string of the molecule is CCOC(=O)C1(C2OC(C)O2)CC(C)=C(C)C1. The molecule has 96 valence electrons. The van der Waals surface area contributed by atoms with E-state index < -0.39 is 11.7 Å². The molecule has 0 aromatic heterocycles. The molecule has 0 aromatic carbocycles. The molecular weight excluding hydrogens is 220 g/mol. The molecule has 0 spiro atoms. The third-order valence-corrected chi connectivity index (χ3v) is 3.65. The molecule has 0 N–H and O–H groups in total. The van der Waals surface area contributed by atoms with Crippen molar-refractivity contribution in [3.8, 4) is 0 Å². The average molecular weight is 240 g/mol. The zero-order valence-corrected chi connectivity index (χ0v) is 10.9. The van der Waals surface area contributed by atoms with Gasteiger partial charge in [0.05, 0.1) is 6.61 Å². The lowest BCUT2D eigenvalue weighted by molar-refractivity contribution is -0.405. The quantitative estimate of drug-likeness (QED) is 0.561. The minimum atomic E-state index is -0.656. The van der Waals surface area contributed by atoms with Crippen LogP contribution in [-0.2, 0) is 19.0 Å². The molecule has 17 heavy (non-hydrogen) atoms. The van der Waals surface area contributed by atoms with E-state index in [1.807, 2.05) is 13.8 Å². The fourth-order valence-electron chi connectivity index (χ4n) is 2.61. The van der Waals surface area contributed by atoms with Crippen molar-refractivity contribution in [2.75, 3.05) is 6.61 Å². The Balaban J connectivity index is 2.17. The van der Waals surface area contributed by atoms with Gasteiger partial charge in [-0.2, -0.15) is 0 Å². The summed E-state index contributed by atoms with van der Waals surface area (Å²) >= 11 is 0. The van der Waals surface area contributed by atoms with Gasteiger partial charge in [-0.1, -0.05) is 11.1 Å². The zero-order valence-electron chi connectivity index (χ0n) is 10.9. The van der Waals surface area contributed by atoms with Gasteiger partial charge >= 0.3 is 5.97 Å². The highest BCUT2D eigenvalue weighted by atomic mass is 16.9. The summed E-state index contributed by atoms with van der Waals surface area (Å²) in [5, 5.41) is 0. The molecule has 2 rings (SSSR count). The van der Waals surface area contributed by atoms with Crippen molar-refractivity contribution in [2.24, 2.45) is 5.41 Å². The van der Waals surface area contributed by atoms with Crippen LogP contribution in [0.4, 0.5) is 0 Å². The maximum atomic E-state index is 12.2. The van der Waals surface area contributed by atoms with Crippen molar-refractivity contribution in [1.29, 1.82) is 0 Å². The first-order chi connectivity index (χ1) is 7.99. The van der Waals surface area contributed by atoms with Gasteiger partial charge in [0.15, 0.2) is 12.6 Å². The summed E-state index contributed by atoms with van der Waals surface area (Å²) in [7, 11) is 0. The minimum Gasteiger partial charge on any atom is -0.465 e. The number of allylic oxidation sites excluding steroid dienone is 2. The topological polar surface area (TPSA) is 44.8 Å². The number of esters is 1. The standard InChI is InChI=1S/C13H20O4/c1-5-15-11(14)13(12-16-10(4)17-12)6-8(2)9(3)7-13/h10,12H,5-7H2,1-4H3. The molecule has 4 heteroatoms. The molecule has 4 nitrogen and oxygen atoms in total. The molecule has 0 amide bonds. The van der Waals surface area contributed by atoms with Crippen LogP contribution in [-0.4, -0.2) is 25.2 Å². The Morgan fingerprint density at radius 1 is 1.35 bits per heavy atom. The maximum Gasteiger partial charge on any atom is 0.317 e. The zero-order chi connectivity index (χ0) is 12.6. The predicted molar refractivity (Wildman–Crippen MR) is 62.1 cm³/mol. The molecule has 0 atom stereocenters. The van der Waals surface area contributed by atoms with E-state index >= 15 is 0 Å². The number of carbonyl (C=O) groups excluding carboxylic acids is 1. The van der Waals surface area contributed by atoms with Crippen molar-refractivity contribution in [3.05, 3.63) is 11.1 Å². The molecule has 0 saturated carbocycles. The lowest BCUT2D eigenvalue weighted by atomic mass is 9.82. The van der Waals surface area contributed by atoms with E-state index in [9.17, 15) is 4.79 Å². The Morgan fingerprint density at radius 3 is 2.29 bits per heavy atom. The van der Waals surface area contributed by atoms with Gasteiger partial charge in [0.25, 0.3) is 0 Å². The van der Waals surface area contributed by atoms with E-state index in [1.54, 1.807) is 0 Å². The fraction of sp³-hybridized carbons (Fsp3) is 0.769. The van der Waals surface area contributed by atoms with Gasteiger partial charge < -0.3 is 14.2 Å². The van der Waals surface area contributed by atoms with Gasteiger partial charge in [-0.15, -0.1) is 0 Å². The summed E-state index contributed by atoms with van der Waals surface area (Å²) in [5.74, 6) is -0.201. The van der Waals surface area contributed by atoms with Crippen LogP contribution in [0.3, 0.4) is 0 Å². The number of ether oxygens (including phenoxy) is 3. The summed E-state index contributed by atoms with van der Waals surface area (Å²) in [6, 6.07) is 0. The van der Waals surface area contributed by atoms with E-state index in [0.717, 1.165) is 0 Å². The average Bonchev–Trinajstić information content (AvgIpc) is 2.52. The molecule has 0 aromatic rings. The van der Waals surface area contributed by atoms with Crippen LogP contribution >= 0.6 is 0 Å². The number of hydrogen-bond donors (Lipinski definition) is 0. The number of hydrogen-bond acceptors (Lipinski definition) is 4. The first-order valence-electron chi connectivity index (χ1n) is 6.13. The van der Waals surface area contributed by atoms with E-state index in [1.165, 1.54) is 11.1 Å². The van der Waals surface area contributed by atoms with Crippen LogP contribution in [0.2, 0.25) is 0 Å². The first-order valence-corrected chi connectivity index (χ1v) is 6.13. The Labute approximate surface area is 102 Å². The Hall–Kier alpha value is -0.870. The lowest BCUT2D eigenvalue weighted by Gasteiger charge is -2.44. The maximum absolute atomic E-state index is 12.2. The molecule has 1 fully saturated rings. The Morgan fingerprint density at radius 2 is 1.88 bits per heavy atom. The van der Waals surface area contributed by atoms with E-state index in [4.69, 9.17) is 14.2 Å². The minimum absolute atomic E-state index is 0.201. The molecule has 1 aliphatic heterocycles. The number of rotatable bonds is 3. The first kappa shape index (κ1) is 12.6. The van der Waals surface area contributed by atoms with Crippen LogP contribution in [0.5, 0.6) is 0 Å². The van der Waals surface area contributed by atoms with Gasteiger partial charge in [0.1, 0.15) is 5.41 Å². The smallest absolute Gasteiger partial charge is 0.317 e. The second-order valence-electron chi connectivity index (χ2n) is 4.96. The summed E-state index contributed by atoms with van der Waals surface area (Å²) in [5.41, 5.74) is 1.83. The van der Waals surface area contributed by atoms with Crippen LogP contribution < -0.4 is 0 Å². The molecule has 0 radical (unpaired) electrons. The third-order valence-electron chi connectivity index (χ3n) is 3.65. The van der Waals surface area contributed by atoms with E-state index in [-0.39, 0.29) is 12.3 Å². The highest BCUT2D eigenvalue weighted by Gasteiger charge is 2.56. The van der Waals surface area contributed by atoms with Crippen LogP contribution in [0.15, 0.2) is 11.1 Å². The monoisotopic (exact) mass is 240 g/mol. The Bertz CT molecular complexity index is 338. The van der Waals surface area contributed by atoms with Gasteiger partial charge in [-0.3, -0.25) is 4.79 Å². The largest absolute Gasteiger partial charge is 0.465 e. The highest BCUT2D eigenvalue weighted by Crippen LogP contribution is 2.49. The normalized spacial score (nSPS) is 31.3. The molecule has 1 heterocycles. The molecule has 0 bridgehead atoms. The second-order valence-corrected chi connectivity index (χ2v) is 4.96. The second kappa shape index (κ2) is 4.42. The van der Waals surface area contributed by atoms with Gasteiger partial charge in [0.2, 0.25) is 0 Å². The lowest BCUT2D eigenvalue weighted by Crippen LogP contribution is -2.54. The van der Waals surface area contributed by atoms with E-state index in [0.29, 0.717) is 19.4 Å². The highest BCUT2D eigenvalue weighted by molar-refractivity contribution is 5.79. The molecular formula is C13H20O4. The van der Waals surface area contributed by atoms with Crippen LogP contribution in [0.25, 0.3) is 0 Å². The van der Waals surface area contributed by atoms with Gasteiger partial charge in [0, 0.05) is 0 Å². The van der Waals surface area contributed by atoms with Crippen molar-refractivity contribution in [1.82, 2.24) is 0 Å². The third kappa shape index (κ3) is 2.00. The fourth-order valence-corrected chi connectivity index (χ4v) is 2.61. The predicted octanol–water partition coefficient (Wildman–Crippen LogP) is 2.39. The van der Waals surface area contributed by atoms with Crippen molar-refractivity contribution < 1.29 is 19.0 Å². The van der Waals surface area contributed by atoms with Crippen LogP contribution in [0, 0.1) is 5.41 Å². The number of carbonyl (C=O) groups is 1. The molecule has 0 unspecified atom stereocenters. The van der Waals surface area contributed by atoms with E-state index in [2.05, 4.69) is 13.8 Å². The van der Waals surface area contributed by atoms with Crippen molar-refractivity contribution in [3.63, 3.8) is 0 Å². The molecule has 1 aliphatic carbocycles. The molecule has 2 aliphatic rings. The summed E-state index contributed by atoms with van der Waals surface area (Å²) in [6.07, 6.45) is 0.681. The van der Waals surface area contributed by atoms with Crippen LogP contribution in [0.1, 0.15) is 40.5 Å². The van der Waals surface area contributed by atoms with Gasteiger partial charge in [-0.05, 0) is 40.5 Å². The summed E-state index contributed by atoms with van der Waals surface area (Å²) in [6.45, 7) is 8.15. The summed E-state index contributed by atoms with van der Waals surface area (Å²) in [4.78, 5) is 12.2.